The Morgan fingerprint density at radius 3 is 1.89 bits per heavy atom. The number of unbranched alkanes of at least 4 members (excludes halogenated alkanes) is 5. The van der Waals surface area contributed by atoms with Crippen molar-refractivity contribution >= 4 is 15.7 Å². The van der Waals surface area contributed by atoms with Crippen LogP contribution in [-0.2, 0) is 27.9 Å². The van der Waals surface area contributed by atoms with Crippen molar-refractivity contribution in [3.05, 3.63) is 17.0 Å². The quantitative estimate of drug-likeness (QED) is 0.544. The molecule has 27 heavy (non-hydrogen) atoms. The van der Waals surface area contributed by atoms with Gasteiger partial charge in [0.25, 0.3) is 10.0 Å². The van der Waals surface area contributed by atoms with Gasteiger partial charge in [-0.1, -0.05) is 80.6 Å². The van der Waals surface area contributed by atoms with E-state index < -0.39 is 10.0 Å². The molecular formula is C22H38N2O2S. The molecule has 0 aromatic carbocycles. The summed E-state index contributed by atoms with van der Waals surface area (Å²) in [5, 5.41) is 0. The second-order valence-electron chi connectivity index (χ2n) is 9.99. The molecule has 2 rings (SSSR count). The lowest BCUT2D eigenvalue weighted by Crippen LogP contribution is -2.24. The first kappa shape index (κ1) is 22.2. The van der Waals surface area contributed by atoms with Gasteiger partial charge in [0.1, 0.15) is 4.90 Å². The van der Waals surface area contributed by atoms with Crippen molar-refractivity contribution in [2.45, 2.75) is 109 Å². The van der Waals surface area contributed by atoms with E-state index in [1.54, 1.807) is 0 Å². The van der Waals surface area contributed by atoms with Crippen molar-refractivity contribution in [1.29, 1.82) is 0 Å². The summed E-state index contributed by atoms with van der Waals surface area (Å²) in [5.74, 6) is 0. The third-order valence-electron chi connectivity index (χ3n) is 5.31. The van der Waals surface area contributed by atoms with Crippen molar-refractivity contribution in [2.75, 3.05) is 0 Å². The number of nitrogens with zero attached hydrogens (tertiary/aromatic N) is 2. The highest BCUT2D eigenvalue weighted by atomic mass is 32.2. The number of sulfonamides is 1. The minimum absolute atomic E-state index is 0.149. The molecule has 0 unspecified atom stereocenters. The van der Waals surface area contributed by atoms with Crippen LogP contribution in [0.5, 0.6) is 0 Å². The van der Waals surface area contributed by atoms with E-state index in [1.807, 2.05) is 7.05 Å². The van der Waals surface area contributed by atoms with Crippen molar-refractivity contribution in [3.8, 4) is 0 Å². The molecule has 0 saturated carbocycles. The average Bonchev–Trinajstić information content (AvgIpc) is 2.94. The van der Waals surface area contributed by atoms with E-state index in [1.165, 1.54) is 25.7 Å². The lowest BCUT2D eigenvalue weighted by Gasteiger charge is -2.26. The summed E-state index contributed by atoms with van der Waals surface area (Å²) in [7, 11) is -1.60. The predicted molar refractivity (Wildman–Crippen MR) is 115 cm³/mol. The van der Waals surface area contributed by atoms with Crippen LogP contribution in [0.4, 0.5) is 0 Å². The first-order valence-corrected chi connectivity index (χ1v) is 11.8. The molecule has 0 bridgehead atoms. The normalized spacial score (nSPS) is 16.5. The maximum absolute atomic E-state index is 13.0. The van der Waals surface area contributed by atoms with Gasteiger partial charge in [-0.3, -0.25) is 0 Å². The highest BCUT2D eigenvalue weighted by Crippen LogP contribution is 2.44. The van der Waals surface area contributed by atoms with E-state index in [-0.39, 0.29) is 10.8 Å². The van der Waals surface area contributed by atoms with E-state index in [4.69, 9.17) is 0 Å². The monoisotopic (exact) mass is 394 g/mol. The molecule has 0 N–H and O–H groups in total. The van der Waals surface area contributed by atoms with Crippen LogP contribution in [0.15, 0.2) is 9.29 Å². The molecule has 4 nitrogen and oxygen atoms in total. The van der Waals surface area contributed by atoms with Gasteiger partial charge in [-0.25, -0.2) is 0 Å². The predicted octanol–water partition coefficient (Wildman–Crippen LogP) is 5.86. The van der Waals surface area contributed by atoms with Gasteiger partial charge < -0.3 is 4.57 Å². The standard InChI is InChI=1S/C22H38N2O2S/c1-9-10-11-12-13-14-15-16-17-18(27(25,26)23-16)20(22(5,6)7)24(8)19(17)21(2,3)4/h9-15H2,1-8H3. The average molecular weight is 395 g/mol. The van der Waals surface area contributed by atoms with Gasteiger partial charge >= 0.3 is 0 Å². The Morgan fingerprint density at radius 2 is 1.37 bits per heavy atom. The topological polar surface area (TPSA) is 51.4 Å². The molecule has 0 saturated heterocycles. The summed E-state index contributed by atoms with van der Waals surface area (Å²) in [5.41, 5.74) is 3.22. The van der Waals surface area contributed by atoms with Crippen LogP contribution in [0.25, 0.3) is 0 Å². The number of rotatable bonds is 7. The molecular weight excluding hydrogens is 356 g/mol. The van der Waals surface area contributed by atoms with Gasteiger partial charge in [0, 0.05) is 34.8 Å². The van der Waals surface area contributed by atoms with Crippen LogP contribution in [0.2, 0.25) is 0 Å². The highest BCUT2D eigenvalue weighted by molar-refractivity contribution is 7.90. The van der Waals surface area contributed by atoms with Crippen LogP contribution in [0.3, 0.4) is 0 Å². The Kier molecular flexibility index (Phi) is 6.35. The van der Waals surface area contributed by atoms with Crippen LogP contribution < -0.4 is 0 Å². The summed E-state index contributed by atoms with van der Waals surface area (Å²) in [4.78, 5) is 0.461. The summed E-state index contributed by atoms with van der Waals surface area (Å²) < 4.78 is 32.4. The fourth-order valence-corrected chi connectivity index (χ4v) is 6.10. The minimum atomic E-state index is -3.61. The molecule has 0 spiro atoms. The summed E-state index contributed by atoms with van der Waals surface area (Å²) in [6.07, 6.45) is 7.88. The zero-order valence-corrected chi connectivity index (χ0v) is 19.4. The molecule has 0 amide bonds. The van der Waals surface area contributed by atoms with Crippen molar-refractivity contribution < 1.29 is 8.42 Å². The van der Waals surface area contributed by atoms with E-state index in [2.05, 4.69) is 57.4 Å². The second-order valence-corrected chi connectivity index (χ2v) is 11.5. The largest absolute Gasteiger partial charge is 0.349 e. The van der Waals surface area contributed by atoms with Crippen molar-refractivity contribution in [2.24, 2.45) is 11.4 Å². The van der Waals surface area contributed by atoms with Crippen LogP contribution >= 0.6 is 0 Å². The molecule has 0 aliphatic carbocycles. The molecule has 1 aliphatic heterocycles. The summed E-state index contributed by atoms with van der Waals surface area (Å²) in [6, 6.07) is 0. The summed E-state index contributed by atoms with van der Waals surface area (Å²) >= 11 is 0. The van der Waals surface area contributed by atoms with E-state index in [9.17, 15) is 8.42 Å². The molecule has 2 heterocycles. The Bertz CT molecular complexity index is 816. The molecule has 0 atom stereocenters. The molecule has 5 heteroatoms. The fourth-order valence-electron chi connectivity index (χ4n) is 4.38. The zero-order valence-electron chi connectivity index (χ0n) is 18.6. The number of aromatic nitrogens is 1. The molecule has 1 aliphatic rings. The first-order chi connectivity index (χ1) is 12.3. The molecule has 0 fully saturated rings. The SMILES string of the molecule is CCCCCCCCC1=NS(=O)(=O)c2c1c(C(C)(C)C)n(C)c2C(C)(C)C. The van der Waals surface area contributed by atoms with E-state index in [0.29, 0.717) is 4.90 Å². The highest BCUT2D eigenvalue weighted by Gasteiger charge is 2.43. The van der Waals surface area contributed by atoms with Gasteiger partial charge in [-0.05, 0) is 12.8 Å². The third kappa shape index (κ3) is 4.49. The van der Waals surface area contributed by atoms with Crippen LogP contribution in [0.1, 0.15) is 110 Å². The van der Waals surface area contributed by atoms with Crippen LogP contribution in [0, 0.1) is 0 Å². The first-order valence-electron chi connectivity index (χ1n) is 10.4. The Balaban J connectivity index is 2.46. The van der Waals surface area contributed by atoms with Gasteiger partial charge in [-0.2, -0.15) is 12.8 Å². The number of fused-ring (bicyclic) bond motifs is 1. The van der Waals surface area contributed by atoms with Gasteiger partial charge in [-0.15, -0.1) is 0 Å². The van der Waals surface area contributed by atoms with Crippen molar-refractivity contribution in [1.82, 2.24) is 4.57 Å². The minimum Gasteiger partial charge on any atom is -0.349 e. The lowest BCUT2D eigenvalue weighted by atomic mass is 9.87. The van der Waals surface area contributed by atoms with Crippen molar-refractivity contribution in [3.63, 3.8) is 0 Å². The van der Waals surface area contributed by atoms with E-state index in [0.717, 1.165) is 41.9 Å². The van der Waals surface area contributed by atoms with Gasteiger partial charge in [0.15, 0.2) is 0 Å². The van der Waals surface area contributed by atoms with Gasteiger partial charge in [0.05, 0.1) is 5.71 Å². The van der Waals surface area contributed by atoms with E-state index >= 15 is 0 Å². The van der Waals surface area contributed by atoms with Gasteiger partial charge in [0.2, 0.25) is 0 Å². The maximum atomic E-state index is 13.0. The maximum Gasteiger partial charge on any atom is 0.285 e. The zero-order chi connectivity index (χ0) is 20.6. The smallest absolute Gasteiger partial charge is 0.285 e. The third-order valence-corrected chi connectivity index (χ3v) is 6.69. The molecule has 1 aromatic rings. The molecule has 154 valence electrons. The Hall–Kier alpha value is -1.10. The van der Waals surface area contributed by atoms with Crippen LogP contribution in [-0.4, -0.2) is 18.7 Å². The Labute approximate surface area is 166 Å². The Morgan fingerprint density at radius 1 is 0.852 bits per heavy atom. The number of hydrogen-bond donors (Lipinski definition) is 0. The molecule has 1 aromatic heterocycles. The second kappa shape index (κ2) is 7.73. The number of hydrogen-bond acceptors (Lipinski definition) is 2. The fraction of sp³-hybridized carbons (Fsp3) is 0.773. The molecule has 0 radical (unpaired) electrons. The lowest BCUT2D eigenvalue weighted by molar-refractivity contribution is 0.490. The summed E-state index contributed by atoms with van der Waals surface area (Å²) in [6.45, 7) is 14.9.